The topological polar surface area (TPSA) is 77.8 Å². The second kappa shape index (κ2) is 8.85. The molecule has 10 heteroatoms. The van der Waals surface area contributed by atoms with Crippen molar-refractivity contribution in [2.75, 3.05) is 20.2 Å². The molecule has 3 heterocycles. The number of hydrogen-bond acceptors (Lipinski definition) is 5. The molecule has 0 N–H and O–H groups in total. The number of nitrogens with zero attached hydrogens (tertiary/aromatic N) is 5. The lowest BCUT2D eigenvalue weighted by atomic mass is 9.81. The zero-order valence-corrected chi connectivity index (χ0v) is 19.2. The minimum Gasteiger partial charge on any atom is -0.495 e. The SMILES string of the molecule is [C-]#[N+]C1(c2ccc(Cl)c(OC)c2)CCN(C(=O)Cn2nc(-c3ncco3)c(Cl)c2C)CC1. The number of hydrogen-bond donors (Lipinski definition) is 0. The molecule has 1 saturated heterocycles. The van der Waals surface area contributed by atoms with Crippen LogP contribution in [0, 0.1) is 13.5 Å². The molecule has 32 heavy (non-hydrogen) atoms. The van der Waals surface area contributed by atoms with E-state index < -0.39 is 5.54 Å². The molecule has 0 bridgehead atoms. The van der Waals surface area contributed by atoms with Crippen LogP contribution in [0.2, 0.25) is 10.0 Å². The van der Waals surface area contributed by atoms with Gasteiger partial charge in [-0.1, -0.05) is 23.2 Å². The number of benzene rings is 1. The highest BCUT2D eigenvalue weighted by Gasteiger charge is 2.43. The Kier molecular flexibility index (Phi) is 6.13. The molecule has 1 aliphatic rings. The monoisotopic (exact) mass is 473 g/mol. The van der Waals surface area contributed by atoms with Crippen molar-refractivity contribution in [3.63, 3.8) is 0 Å². The number of aromatic nitrogens is 3. The van der Waals surface area contributed by atoms with Crippen LogP contribution >= 0.6 is 23.2 Å². The van der Waals surface area contributed by atoms with Gasteiger partial charge in [-0.3, -0.25) is 9.48 Å². The van der Waals surface area contributed by atoms with Gasteiger partial charge in [-0.05, 0) is 25.1 Å². The molecule has 1 aromatic carbocycles. The third kappa shape index (κ3) is 3.94. The highest BCUT2D eigenvalue weighted by molar-refractivity contribution is 6.33. The number of piperidine rings is 1. The normalized spacial score (nSPS) is 15.4. The number of likely N-dealkylation sites (tertiary alicyclic amines) is 1. The molecule has 1 amide bonds. The maximum atomic E-state index is 13.0. The number of carbonyl (C=O) groups excluding carboxylic acids is 1. The molecular weight excluding hydrogens is 453 g/mol. The molecule has 166 valence electrons. The molecule has 3 aromatic rings. The Labute approximate surface area is 195 Å². The molecule has 0 saturated carbocycles. The molecule has 0 unspecified atom stereocenters. The lowest BCUT2D eigenvalue weighted by Gasteiger charge is -2.34. The molecule has 0 spiro atoms. The first-order chi connectivity index (χ1) is 15.4. The van der Waals surface area contributed by atoms with Gasteiger partial charge in [-0.25, -0.2) is 11.6 Å². The van der Waals surface area contributed by atoms with Crippen LogP contribution in [0.25, 0.3) is 16.4 Å². The third-order valence-electron chi connectivity index (χ3n) is 5.90. The Morgan fingerprint density at radius 2 is 2.09 bits per heavy atom. The lowest BCUT2D eigenvalue weighted by molar-refractivity contribution is -0.133. The van der Waals surface area contributed by atoms with E-state index in [0.717, 1.165) is 5.56 Å². The summed E-state index contributed by atoms with van der Waals surface area (Å²) in [5.41, 5.74) is 1.21. The van der Waals surface area contributed by atoms with Gasteiger partial charge in [-0.15, -0.1) is 0 Å². The third-order valence-corrected chi connectivity index (χ3v) is 6.66. The Morgan fingerprint density at radius 3 is 2.72 bits per heavy atom. The summed E-state index contributed by atoms with van der Waals surface area (Å²) in [6.07, 6.45) is 4.00. The summed E-state index contributed by atoms with van der Waals surface area (Å²) in [6, 6.07) is 5.42. The van der Waals surface area contributed by atoms with Crippen LogP contribution in [0.1, 0.15) is 24.1 Å². The van der Waals surface area contributed by atoms with Crippen LogP contribution < -0.4 is 4.74 Å². The van der Waals surface area contributed by atoms with Gasteiger partial charge in [0.2, 0.25) is 11.8 Å². The van der Waals surface area contributed by atoms with E-state index in [1.165, 1.54) is 12.5 Å². The van der Waals surface area contributed by atoms with Crippen molar-refractivity contribution in [2.45, 2.75) is 31.8 Å². The van der Waals surface area contributed by atoms with Crippen LogP contribution in [0.4, 0.5) is 0 Å². The Hall–Kier alpha value is -3.02. The average Bonchev–Trinajstić information content (AvgIpc) is 3.44. The zero-order chi connectivity index (χ0) is 22.9. The summed E-state index contributed by atoms with van der Waals surface area (Å²) in [4.78, 5) is 22.8. The van der Waals surface area contributed by atoms with Gasteiger partial charge < -0.3 is 18.9 Å². The lowest BCUT2D eigenvalue weighted by Crippen LogP contribution is -2.45. The maximum Gasteiger partial charge on any atom is 0.261 e. The largest absolute Gasteiger partial charge is 0.495 e. The number of halogens is 2. The molecule has 0 radical (unpaired) electrons. The minimum atomic E-state index is -0.711. The highest BCUT2D eigenvalue weighted by atomic mass is 35.5. The second-order valence-electron chi connectivity index (χ2n) is 7.62. The molecule has 2 aromatic heterocycles. The summed E-state index contributed by atoms with van der Waals surface area (Å²) in [5, 5.41) is 5.32. The first-order valence-electron chi connectivity index (χ1n) is 10.0. The molecule has 0 aliphatic carbocycles. The van der Waals surface area contributed by atoms with E-state index >= 15 is 0 Å². The van der Waals surface area contributed by atoms with Crippen LogP contribution in [-0.2, 0) is 16.9 Å². The number of ether oxygens (including phenoxy) is 1. The summed E-state index contributed by atoms with van der Waals surface area (Å²) in [7, 11) is 1.55. The number of methoxy groups -OCH3 is 1. The second-order valence-corrected chi connectivity index (χ2v) is 8.40. The predicted octanol–water partition coefficient (Wildman–Crippen LogP) is 4.60. The van der Waals surface area contributed by atoms with E-state index in [1.54, 1.807) is 29.7 Å². The summed E-state index contributed by atoms with van der Waals surface area (Å²) in [5.74, 6) is 0.763. The van der Waals surface area contributed by atoms with Crippen molar-refractivity contribution in [2.24, 2.45) is 0 Å². The van der Waals surface area contributed by atoms with Crippen molar-refractivity contribution in [3.05, 3.63) is 63.4 Å². The summed E-state index contributed by atoms with van der Waals surface area (Å²) >= 11 is 12.5. The average molecular weight is 474 g/mol. The van der Waals surface area contributed by atoms with Crippen LogP contribution in [0.5, 0.6) is 5.75 Å². The number of oxazole rings is 1. The fraction of sp³-hybridized carbons (Fsp3) is 0.364. The van der Waals surface area contributed by atoms with Crippen LogP contribution in [0.15, 0.2) is 35.1 Å². The van der Waals surface area contributed by atoms with Gasteiger partial charge in [0.05, 0.1) is 29.0 Å². The van der Waals surface area contributed by atoms with Crippen molar-refractivity contribution in [1.29, 1.82) is 0 Å². The van der Waals surface area contributed by atoms with Gasteiger partial charge in [-0.2, -0.15) is 5.10 Å². The van der Waals surface area contributed by atoms with E-state index in [2.05, 4.69) is 14.9 Å². The minimum absolute atomic E-state index is 0.0477. The zero-order valence-electron chi connectivity index (χ0n) is 17.6. The Balaban J connectivity index is 1.47. The first kappa shape index (κ1) is 22.2. The number of amides is 1. The Bertz CT molecular complexity index is 1180. The summed E-state index contributed by atoms with van der Waals surface area (Å²) in [6.45, 7) is 10.6. The van der Waals surface area contributed by atoms with E-state index in [0.29, 0.717) is 59.0 Å². The van der Waals surface area contributed by atoms with E-state index in [4.69, 9.17) is 38.9 Å². The van der Waals surface area contributed by atoms with Gasteiger partial charge in [0, 0.05) is 31.5 Å². The van der Waals surface area contributed by atoms with Gasteiger partial charge in [0.1, 0.15) is 18.6 Å². The van der Waals surface area contributed by atoms with Crippen LogP contribution in [-0.4, -0.2) is 45.8 Å². The summed E-state index contributed by atoms with van der Waals surface area (Å²) < 4.78 is 12.1. The molecule has 1 aliphatic heterocycles. The fourth-order valence-corrected chi connectivity index (χ4v) is 4.33. The van der Waals surface area contributed by atoms with E-state index in [1.807, 2.05) is 12.1 Å². The molecule has 4 rings (SSSR count). The fourth-order valence-electron chi connectivity index (χ4n) is 3.92. The van der Waals surface area contributed by atoms with Crippen LogP contribution in [0.3, 0.4) is 0 Å². The number of rotatable bonds is 5. The van der Waals surface area contributed by atoms with Gasteiger partial charge in [0.25, 0.3) is 5.54 Å². The standard InChI is InChI=1S/C22H21Cl2N5O3/c1-14-19(24)20(21-26-8-11-32-21)27-29(14)13-18(30)28-9-6-22(25-2,7-10-28)15-4-5-16(23)17(12-15)31-3/h4-5,8,11-12H,6-7,9-10,13H2,1,3H3. The highest BCUT2D eigenvalue weighted by Crippen LogP contribution is 2.40. The van der Waals surface area contributed by atoms with Gasteiger partial charge in [0.15, 0.2) is 5.69 Å². The quantitative estimate of drug-likeness (QED) is 0.506. The van der Waals surface area contributed by atoms with Gasteiger partial charge >= 0.3 is 0 Å². The first-order valence-corrected chi connectivity index (χ1v) is 10.8. The smallest absolute Gasteiger partial charge is 0.261 e. The van der Waals surface area contributed by atoms with E-state index in [-0.39, 0.29) is 12.5 Å². The maximum absolute atomic E-state index is 13.0. The van der Waals surface area contributed by atoms with Crippen molar-refractivity contribution in [3.8, 4) is 17.3 Å². The van der Waals surface area contributed by atoms with Crippen molar-refractivity contribution < 1.29 is 13.9 Å². The predicted molar refractivity (Wildman–Crippen MR) is 120 cm³/mol. The number of carbonyl (C=O) groups is 1. The Morgan fingerprint density at radius 1 is 1.34 bits per heavy atom. The molecule has 1 fully saturated rings. The molecule has 0 atom stereocenters. The van der Waals surface area contributed by atoms with E-state index in [9.17, 15) is 4.79 Å². The van der Waals surface area contributed by atoms with Crippen molar-refractivity contribution in [1.82, 2.24) is 19.7 Å². The molecular formula is C22H21Cl2N5O3. The van der Waals surface area contributed by atoms with Crippen molar-refractivity contribution >= 4 is 29.1 Å². The molecule has 8 nitrogen and oxygen atoms in total.